The van der Waals surface area contributed by atoms with Gasteiger partial charge in [-0.2, -0.15) is 0 Å². The van der Waals surface area contributed by atoms with Crippen LogP contribution in [0.15, 0.2) is 11.1 Å². The van der Waals surface area contributed by atoms with Gasteiger partial charge in [-0.15, -0.1) is 11.3 Å². The molecule has 0 radical (unpaired) electrons. The minimum atomic E-state index is -1.23. The van der Waals surface area contributed by atoms with Crippen LogP contribution in [0.2, 0.25) is 0 Å². The summed E-state index contributed by atoms with van der Waals surface area (Å²) in [6.07, 6.45) is 1.10. The van der Waals surface area contributed by atoms with Crippen LogP contribution in [0, 0.1) is 12.8 Å². The Labute approximate surface area is 129 Å². The summed E-state index contributed by atoms with van der Waals surface area (Å²) in [5.74, 6) is -3.27. The molecule has 0 atom stereocenters. The standard InChI is InChI=1S/C13H13N3O5S/c1-3-21-12(19)7-4-6(2)22-11(7)14-5-8-9(17)15-13(20)16-10(8)18/h4-5,8H,3H2,1-2H3,(H2,15,16,17,18,20). The molecule has 0 spiro atoms. The lowest BCUT2D eigenvalue weighted by Gasteiger charge is -2.16. The van der Waals surface area contributed by atoms with Crippen molar-refractivity contribution >= 4 is 46.4 Å². The average Bonchev–Trinajstić information content (AvgIpc) is 2.79. The molecule has 1 aromatic rings. The number of aryl methyl sites for hydroxylation is 1. The average molecular weight is 323 g/mol. The van der Waals surface area contributed by atoms with Crippen LogP contribution < -0.4 is 10.6 Å². The zero-order valence-electron chi connectivity index (χ0n) is 11.8. The van der Waals surface area contributed by atoms with Crippen molar-refractivity contribution in [2.24, 2.45) is 10.9 Å². The van der Waals surface area contributed by atoms with Gasteiger partial charge in [-0.3, -0.25) is 20.2 Å². The highest BCUT2D eigenvalue weighted by atomic mass is 32.1. The summed E-state index contributed by atoms with van der Waals surface area (Å²) in [7, 11) is 0. The summed E-state index contributed by atoms with van der Waals surface area (Å²) >= 11 is 1.23. The third-order valence-electron chi connectivity index (χ3n) is 2.71. The van der Waals surface area contributed by atoms with Crippen molar-refractivity contribution in [2.45, 2.75) is 13.8 Å². The molecule has 0 aliphatic carbocycles. The minimum absolute atomic E-state index is 0.229. The van der Waals surface area contributed by atoms with E-state index in [4.69, 9.17) is 4.74 Å². The van der Waals surface area contributed by atoms with Crippen molar-refractivity contribution in [2.75, 3.05) is 6.61 Å². The molecule has 9 heteroatoms. The Morgan fingerprint density at radius 3 is 2.59 bits per heavy atom. The molecule has 8 nitrogen and oxygen atoms in total. The molecule has 1 aromatic heterocycles. The second-order valence-electron chi connectivity index (χ2n) is 4.36. The number of nitrogens with zero attached hydrogens (tertiary/aromatic N) is 1. The Hall–Kier alpha value is -2.55. The van der Waals surface area contributed by atoms with E-state index in [0.29, 0.717) is 5.00 Å². The number of rotatable bonds is 4. The number of esters is 1. The van der Waals surface area contributed by atoms with Gasteiger partial charge in [0, 0.05) is 11.1 Å². The summed E-state index contributed by atoms with van der Waals surface area (Å²) in [5, 5.41) is 4.28. The number of ether oxygens (including phenoxy) is 1. The SMILES string of the molecule is CCOC(=O)c1cc(C)sc1N=CC1C(=O)NC(=O)NC1=O. The van der Waals surface area contributed by atoms with E-state index < -0.39 is 29.7 Å². The summed E-state index contributed by atoms with van der Waals surface area (Å²) in [5.41, 5.74) is 0.272. The summed E-state index contributed by atoms with van der Waals surface area (Å²) in [6, 6.07) is 0.763. The van der Waals surface area contributed by atoms with Gasteiger partial charge in [-0.1, -0.05) is 0 Å². The Morgan fingerprint density at radius 1 is 1.36 bits per heavy atom. The van der Waals surface area contributed by atoms with E-state index in [-0.39, 0.29) is 12.2 Å². The molecule has 0 unspecified atom stereocenters. The largest absolute Gasteiger partial charge is 0.462 e. The summed E-state index contributed by atoms with van der Waals surface area (Å²) in [4.78, 5) is 50.8. The molecule has 4 amide bonds. The molecule has 2 heterocycles. The lowest BCUT2D eigenvalue weighted by atomic mass is 10.1. The molecular formula is C13H13N3O5S. The lowest BCUT2D eigenvalue weighted by molar-refractivity contribution is -0.132. The number of imide groups is 2. The molecule has 1 aliphatic rings. The maximum absolute atomic E-state index is 11.8. The van der Waals surface area contributed by atoms with Crippen molar-refractivity contribution in [3.8, 4) is 0 Å². The topological polar surface area (TPSA) is 114 Å². The Balaban J connectivity index is 2.23. The first-order valence-electron chi connectivity index (χ1n) is 6.39. The molecule has 0 bridgehead atoms. The van der Waals surface area contributed by atoms with Gasteiger partial charge >= 0.3 is 12.0 Å². The fraction of sp³-hybridized carbons (Fsp3) is 0.308. The van der Waals surface area contributed by atoms with E-state index in [2.05, 4.69) is 4.99 Å². The zero-order chi connectivity index (χ0) is 16.3. The van der Waals surface area contributed by atoms with Crippen LogP contribution in [-0.4, -0.2) is 36.6 Å². The third kappa shape index (κ3) is 3.37. The van der Waals surface area contributed by atoms with Crippen LogP contribution in [0.3, 0.4) is 0 Å². The lowest BCUT2D eigenvalue weighted by Crippen LogP contribution is -2.56. The number of aliphatic imine (C=N–C) groups is 1. The van der Waals surface area contributed by atoms with Crippen molar-refractivity contribution in [1.82, 2.24) is 10.6 Å². The number of hydrogen-bond acceptors (Lipinski definition) is 7. The number of thiophene rings is 1. The normalized spacial score (nSPS) is 15.8. The maximum atomic E-state index is 11.8. The monoisotopic (exact) mass is 323 g/mol. The van der Waals surface area contributed by atoms with Crippen LogP contribution in [0.4, 0.5) is 9.80 Å². The van der Waals surface area contributed by atoms with Gasteiger partial charge in [-0.05, 0) is 19.9 Å². The van der Waals surface area contributed by atoms with Gasteiger partial charge in [0.2, 0.25) is 11.8 Å². The third-order valence-corrected chi connectivity index (χ3v) is 3.67. The highest BCUT2D eigenvalue weighted by Crippen LogP contribution is 2.31. The number of nitrogens with one attached hydrogen (secondary N) is 2. The van der Waals surface area contributed by atoms with Crippen LogP contribution in [0.5, 0.6) is 0 Å². The van der Waals surface area contributed by atoms with E-state index in [0.717, 1.165) is 11.1 Å². The highest BCUT2D eigenvalue weighted by Gasteiger charge is 2.32. The van der Waals surface area contributed by atoms with Crippen molar-refractivity contribution in [3.63, 3.8) is 0 Å². The molecule has 1 fully saturated rings. The van der Waals surface area contributed by atoms with E-state index in [1.165, 1.54) is 11.3 Å². The number of urea groups is 1. The Kier molecular flexibility index (Phi) is 4.66. The number of carbonyl (C=O) groups is 4. The molecule has 1 saturated heterocycles. The summed E-state index contributed by atoms with van der Waals surface area (Å²) < 4.78 is 4.92. The van der Waals surface area contributed by atoms with Gasteiger partial charge in [0.15, 0.2) is 5.92 Å². The summed E-state index contributed by atoms with van der Waals surface area (Å²) in [6.45, 7) is 3.71. The Bertz CT molecular complexity index is 659. The Morgan fingerprint density at radius 2 is 2.00 bits per heavy atom. The predicted octanol–water partition coefficient (Wildman–Crippen LogP) is 0.918. The molecule has 0 aromatic carbocycles. The molecule has 0 saturated carbocycles. The van der Waals surface area contributed by atoms with Crippen molar-refractivity contribution in [1.29, 1.82) is 0 Å². The minimum Gasteiger partial charge on any atom is -0.462 e. The zero-order valence-corrected chi connectivity index (χ0v) is 12.7. The fourth-order valence-corrected chi connectivity index (χ4v) is 2.61. The van der Waals surface area contributed by atoms with Crippen molar-refractivity contribution in [3.05, 3.63) is 16.5 Å². The molecule has 2 rings (SSSR count). The van der Waals surface area contributed by atoms with Crippen LogP contribution in [-0.2, 0) is 14.3 Å². The van der Waals surface area contributed by atoms with Crippen LogP contribution >= 0.6 is 11.3 Å². The molecule has 1 aliphatic heterocycles. The first kappa shape index (κ1) is 15.8. The smallest absolute Gasteiger partial charge is 0.341 e. The van der Waals surface area contributed by atoms with Gasteiger partial charge in [0.25, 0.3) is 0 Å². The number of carbonyl (C=O) groups excluding carboxylic acids is 4. The van der Waals surface area contributed by atoms with Gasteiger partial charge in [0.1, 0.15) is 5.00 Å². The van der Waals surface area contributed by atoms with Gasteiger partial charge < -0.3 is 4.74 Å². The van der Waals surface area contributed by atoms with Gasteiger partial charge in [-0.25, -0.2) is 14.6 Å². The first-order chi connectivity index (χ1) is 10.4. The second kappa shape index (κ2) is 6.48. The first-order valence-corrected chi connectivity index (χ1v) is 7.21. The van der Waals surface area contributed by atoms with Crippen LogP contribution in [0.25, 0.3) is 0 Å². The highest BCUT2D eigenvalue weighted by molar-refractivity contribution is 7.16. The van der Waals surface area contributed by atoms with Crippen LogP contribution in [0.1, 0.15) is 22.2 Å². The van der Waals surface area contributed by atoms with E-state index in [1.807, 2.05) is 10.6 Å². The molecule has 116 valence electrons. The molecule has 22 heavy (non-hydrogen) atoms. The van der Waals surface area contributed by atoms with Crippen molar-refractivity contribution < 1.29 is 23.9 Å². The number of barbiturate groups is 1. The van der Waals surface area contributed by atoms with E-state index >= 15 is 0 Å². The number of hydrogen-bond donors (Lipinski definition) is 2. The van der Waals surface area contributed by atoms with E-state index in [9.17, 15) is 19.2 Å². The molecule has 2 N–H and O–H groups in total. The van der Waals surface area contributed by atoms with E-state index in [1.54, 1.807) is 19.9 Å². The second-order valence-corrected chi connectivity index (χ2v) is 5.59. The maximum Gasteiger partial charge on any atom is 0.341 e. The number of amides is 4. The quantitative estimate of drug-likeness (QED) is 0.486. The molecular weight excluding hydrogens is 310 g/mol. The fourth-order valence-electron chi connectivity index (χ4n) is 1.76. The van der Waals surface area contributed by atoms with Gasteiger partial charge in [0.05, 0.1) is 12.2 Å². The predicted molar refractivity (Wildman–Crippen MR) is 78.3 cm³/mol.